The molecule has 2 amide bonds. The number of carbonyl (C=O) groups excluding carboxylic acids is 2. The van der Waals surface area contributed by atoms with Crippen LogP contribution in [0.4, 0.5) is 0 Å². The Bertz CT molecular complexity index is 1130. The number of fused-ring (bicyclic) bond motifs is 1. The first kappa shape index (κ1) is 20.7. The monoisotopic (exact) mass is 430 g/mol. The first-order valence-corrected chi connectivity index (χ1v) is 11.6. The Hall–Kier alpha value is -3.15. The molecule has 32 heavy (non-hydrogen) atoms. The summed E-state index contributed by atoms with van der Waals surface area (Å²) >= 11 is 0. The Morgan fingerprint density at radius 1 is 1.09 bits per heavy atom. The molecule has 0 bridgehead atoms. The maximum atomic E-state index is 13.3. The van der Waals surface area contributed by atoms with E-state index in [9.17, 15) is 9.59 Å². The summed E-state index contributed by atoms with van der Waals surface area (Å²) in [6, 6.07) is 14.2. The predicted octanol–water partition coefficient (Wildman–Crippen LogP) is 4.34. The Balaban J connectivity index is 1.27. The molecule has 2 aromatic carbocycles. The van der Waals surface area contributed by atoms with Gasteiger partial charge in [0.1, 0.15) is 0 Å². The number of amides is 2. The number of hydrogen-bond donors (Lipinski definition) is 1. The zero-order valence-electron chi connectivity index (χ0n) is 18.8. The van der Waals surface area contributed by atoms with E-state index in [1.165, 1.54) is 0 Å². The largest absolute Gasteiger partial charge is 0.342 e. The third-order valence-corrected chi connectivity index (χ3v) is 6.77. The second-order valence-electron chi connectivity index (χ2n) is 9.51. The van der Waals surface area contributed by atoms with Crippen molar-refractivity contribution in [3.05, 3.63) is 54.2 Å². The van der Waals surface area contributed by atoms with Crippen LogP contribution in [-0.4, -0.2) is 57.5 Å². The molecule has 1 aromatic heterocycles. The SMILES string of the molecule is CC(C)N(CC1CCN(C(=O)C2CC2)C1)C(=O)c1ccc(-c2ccc3cn[nH]c3c2)cc1. The topological polar surface area (TPSA) is 69.3 Å². The summed E-state index contributed by atoms with van der Waals surface area (Å²) in [5.41, 5.74) is 3.86. The fraction of sp³-hybridized carbons (Fsp3) is 0.423. The molecule has 1 N–H and O–H groups in total. The highest BCUT2D eigenvalue weighted by Crippen LogP contribution is 2.33. The molecule has 1 aliphatic heterocycles. The molecule has 0 radical (unpaired) electrons. The van der Waals surface area contributed by atoms with Gasteiger partial charge in [-0.15, -0.1) is 0 Å². The van der Waals surface area contributed by atoms with Gasteiger partial charge >= 0.3 is 0 Å². The standard InChI is InChI=1S/C26H30N4O2/c1-17(2)30(16-18-11-12-29(15-18)25(31)20-7-8-20)26(32)21-5-3-19(4-6-21)22-9-10-23-14-27-28-24(23)13-22/h3-6,9-10,13-14,17-18,20H,7-8,11-12,15-16H2,1-2H3,(H,27,28). The number of carbonyl (C=O) groups is 2. The highest BCUT2D eigenvalue weighted by Gasteiger charge is 2.37. The van der Waals surface area contributed by atoms with Crippen molar-refractivity contribution >= 4 is 22.7 Å². The molecule has 1 saturated carbocycles. The summed E-state index contributed by atoms with van der Waals surface area (Å²) in [5.74, 6) is 0.995. The van der Waals surface area contributed by atoms with Crippen LogP contribution in [0.25, 0.3) is 22.0 Å². The van der Waals surface area contributed by atoms with Crippen LogP contribution in [0.3, 0.4) is 0 Å². The Labute approximate surface area is 188 Å². The molecule has 6 nitrogen and oxygen atoms in total. The molecule has 1 aliphatic carbocycles. The Morgan fingerprint density at radius 3 is 2.56 bits per heavy atom. The molecular formula is C26H30N4O2. The Kier molecular flexibility index (Phi) is 5.45. The van der Waals surface area contributed by atoms with Crippen molar-refractivity contribution in [2.75, 3.05) is 19.6 Å². The van der Waals surface area contributed by atoms with E-state index in [0.29, 0.717) is 23.9 Å². The summed E-state index contributed by atoms with van der Waals surface area (Å²) < 4.78 is 0. The lowest BCUT2D eigenvalue weighted by Crippen LogP contribution is -2.41. The van der Waals surface area contributed by atoms with Crippen molar-refractivity contribution in [1.29, 1.82) is 0 Å². The quantitative estimate of drug-likeness (QED) is 0.633. The third-order valence-electron chi connectivity index (χ3n) is 6.77. The number of H-pyrrole nitrogens is 1. The second-order valence-corrected chi connectivity index (χ2v) is 9.51. The maximum absolute atomic E-state index is 13.3. The van der Waals surface area contributed by atoms with Crippen LogP contribution in [-0.2, 0) is 4.79 Å². The predicted molar refractivity (Wildman–Crippen MR) is 125 cm³/mol. The van der Waals surface area contributed by atoms with Crippen molar-refractivity contribution in [1.82, 2.24) is 20.0 Å². The van der Waals surface area contributed by atoms with E-state index in [1.807, 2.05) is 46.3 Å². The van der Waals surface area contributed by atoms with Crippen molar-refractivity contribution in [2.45, 2.75) is 39.2 Å². The van der Waals surface area contributed by atoms with Crippen LogP contribution < -0.4 is 0 Å². The van der Waals surface area contributed by atoms with Crippen LogP contribution in [0.2, 0.25) is 0 Å². The number of aromatic nitrogens is 2. The van der Waals surface area contributed by atoms with Crippen LogP contribution >= 0.6 is 0 Å². The van der Waals surface area contributed by atoms with E-state index < -0.39 is 0 Å². The summed E-state index contributed by atoms with van der Waals surface area (Å²) in [7, 11) is 0. The molecule has 166 valence electrons. The molecule has 0 spiro atoms. The van der Waals surface area contributed by atoms with Crippen molar-refractivity contribution in [2.24, 2.45) is 11.8 Å². The Morgan fingerprint density at radius 2 is 1.84 bits per heavy atom. The molecule has 2 fully saturated rings. The fourth-order valence-corrected chi connectivity index (χ4v) is 4.66. The van der Waals surface area contributed by atoms with Crippen LogP contribution in [0.1, 0.15) is 43.5 Å². The van der Waals surface area contributed by atoms with Gasteiger partial charge in [0.2, 0.25) is 5.91 Å². The van der Waals surface area contributed by atoms with Gasteiger partial charge in [0.05, 0.1) is 11.7 Å². The van der Waals surface area contributed by atoms with Gasteiger partial charge in [-0.2, -0.15) is 5.10 Å². The fourth-order valence-electron chi connectivity index (χ4n) is 4.66. The zero-order chi connectivity index (χ0) is 22.2. The van der Waals surface area contributed by atoms with E-state index in [0.717, 1.165) is 54.4 Å². The maximum Gasteiger partial charge on any atom is 0.254 e. The molecule has 6 heteroatoms. The molecule has 2 heterocycles. The lowest BCUT2D eigenvalue weighted by atomic mass is 10.0. The molecule has 1 atom stereocenters. The van der Waals surface area contributed by atoms with Crippen molar-refractivity contribution in [3.63, 3.8) is 0 Å². The minimum absolute atomic E-state index is 0.0579. The average Bonchev–Trinajstić information content (AvgIpc) is 3.36. The van der Waals surface area contributed by atoms with Crippen LogP contribution in [0.15, 0.2) is 48.7 Å². The highest BCUT2D eigenvalue weighted by atomic mass is 16.2. The molecular weight excluding hydrogens is 400 g/mol. The van der Waals surface area contributed by atoms with E-state index in [1.54, 1.807) is 0 Å². The number of aromatic amines is 1. The van der Waals surface area contributed by atoms with Gasteiger partial charge in [0.25, 0.3) is 5.91 Å². The number of benzene rings is 2. The molecule has 5 rings (SSSR count). The van der Waals surface area contributed by atoms with E-state index in [-0.39, 0.29) is 17.9 Å². The van der Waals surface area contributed by atoms with Crippen LogP contribution in [0.5, 0.6) is 0 Å². The zero-order valence-corrected chi connectivity index (χ0v) is 18.8. The summed E-state index contributed by atoms with van der Waals surface area (Å²) in [4.78, 5) is 29.7. The lowest BCUT2D eigenvalue weighted by Gasteiger charge is -2.30. The molecule has 1 unspecified atom stereocenters. The summed E-state index contributed by atoms with van der Waals surface area (Å²) in [6.45, 7) is 6.43. The highest BCUT2D eigenvalue weighted by molar-refractivity contribution is 5.95. The van der Waals surface area contributed by atoms with Gasteiger partial charge < -0.3 is 9.80 Å². The third kappa shape index (κ3) is 4.14. The van der Waals surface area contributed by atoms with E-state index in [4.69, 9.17) is 0 Å². The number of rotatable bonds is 6. The number of likely N-dealkylation sites (tertiary alicyclic amines) is 1. The van der Waals surface area contributed by atoms with E-state index >= 15 is 0 Å². The minimum atomic E-state index is 0.0579. The molecule has 1 saturated heterocycles. The number of hydrogen-bond acceptors (Lipinski definition) is 3. The van der Waals surface area contributed by atoms with Gasteiger partial charge in [-0.25, -0.2) is 0 Å². The molecule has 2 aliphatic rings. The average molecular weight is 431 g/mol. The smallest absolute Gasteiger partial charge is 0.254 e. The van der Waals surface area contributed by atoms with Gasteiger partial charge in [-0.05, 0) is 68.4 Å². The number of nitrogens with zero attached hydrogens (tertiary/aromatic N) is 3. The summed E-state index contributed by atoms with van der Waals surface area (Å²) in [6.07, 6.45) is 4.88. The first-order chi connectivity index (χ1) is 15.5. The lowest BCUT2D eigenvalue weighted by molar-refractivity contribution is -0.131. The normalized spacial score (nSPS) is 18.5. The number of nitrogens with one attached hydrogen (secondary N) is 1. The van der Waals surface area contributed by atoms with Gasteiger partial charge in [-0.1, -0.05) is 24.3 Å². The first-order valence-electron chi connectivity index (χ1n) is 11.6. The minimum Gasteiger partial charge on any atom is -0.342 e. The van der Waals surface area contributed by atoms with Gasteiger partial charge in [-0.3, -0.25) is 14.7 Å². The summed E-state index contributed by atoms with van der Waals surface area (Å²) in [5, 5.41) is 8.17. The van der Waals surface area contributed by atoms with Crippen LogP contribution in [0, 0.1) is 11.8 Å². The second kappa shape index (κ2) is 8.41. The van der Waals surface area contributed by atoms with Crippen molar-refractivity contribution in [3.8, 4) is 11.1 Å². The molecule has 3 aromatic rings. The van der Waals surface area contributed by atoms with Crippen molar-refractivity contribution < 1.29 is 9.59 Å². The van der Waals surface area contributed by atoms with Gasteiger partial charge in [0, 0.05) is 42.5 Å². The van der Waals surface area contributed by atoms with Gasteiger partial charge in [0.15, 0.2) is 0 Å². The van der Waals surface area contributed by atoms with E-state index in [2.05, 4.69) is 36.2 Å².